The normalized spacial score (nSPS) is 14.4. The molecule has 0 spiro atoms. The van der Waals surface area contributed by atoms with Crippen LogP contribution < -0.4 is 0 Å². The molecule has 316 valence electrons. The van der Waals surface area contributed by atoms with Crippen molar-refractivity contribution in [3.8, 4) is 78.6 Å². The van der Waals surface area contributed by atoms with Crippen LogP contribution in [0.3, 0.4) is 0 Å². The minimum atomic E-state index is -2.85. The third-order valence-electron chi connectivity index (χ3n) is 11.3. The van der Waals surface area contributed by atoms with Crippen molar-refractivity contribution in [3.05, 3.63) is 192 Å². The maximum Gasteiger partial charge on any atom is 0.148 e. The summed E-state index contributed by atoms with van der Waals surface area (Å²) in [5, 5.41) is 11.6. The van der Waals surface area contributed by atoms with E-state index in [1.807, 2.05) is 77.4 Å². The molecule has 63 heavy (non-hydrogen) atoms. The number of hydrogen-bond donors (Lipinski definition) is 1. The average molecular weight is 1010 g/mol. The van der Waals surface area contributed by atoms with Gasteiger partial charge in [0.05, 0.1) is 27.8 Å². The standard InChI is InChI=1S/C58H52N3O.Pt/c1-37-21-23-39(24-22-37)42-29-30-59-51(35-42)44-32-43(33-46(34-44)58(6,7)8)47-18-14-19-52-55(47)60-56(48-17-12-13-20-54(48)62)61(52)53-31-38(2)49(40-15-10-9-11-16-40)36-50(53)41-25-27-45(28-26-41)57(3,4)5;/h9-31,33-36,62H,1-8H3;/q-1;/i1D3,2D3,21D,22D,23D,24D;. The van der Waals surface area contributed by atoms with Gasteiger partial charge in [-0.2, -0.15) is 0 Å². The van der Waals surface area contributed by atoms with Crippen molar-refractivity contribution in [3.63, 3.8) is 0 Å². The van der Waals surface area contributed by atoms with Gasteiger partial charge in [0.1, 0.15) is 11.6 Å². The molecule has 0 aliphatic carbocycles. The predicted molar refractivity (Wildman–Crippen MR) is 259 cm³/mol. The maximum absolute atomic E-state index is 11.6. The molecular formula is C58H52N3OPt-. The number of phenols is 1. The Labute approximate surface area is 400 Å². The Bertz CT molecular complexity index is 3540. The summed E-state index contributed by atoms with van der Waals surface area (Å²) in [5.41, 5.74) is 8.64. The van der Waals surface area contributed by atoms with Crippen molar-refractivity contribution < 1.29 is 39.9 Å². The van der Waals surface area contributed by atoms with Crippen LogP contribution in [0.25, 0.3) is 83.9 Å². The largest absolute Gasteiger partial charge is 0.507 e. The number of aryl methyl sites for hydroxylation is 1. The van der Waals surface area contributed by atoms with Crippen LogP contribution in [0.4, 0.5) is 0 Å². The number of pyridine rings is 1. The molecular weight excluding hydrogens is 950 g/mol. The van der Waals surface area contributed by atoms with Crippen molar-refractivity contribution in [1.29, 1.82) is 0 Å². The van der Waals surface area contributed by atoms with E-state index in [0.717, 1.165) is 27.8 Å². The number of nitrogens with zero attached hydrogens (tertiary/aromatic N) is 3. The van der Waals surface area contributed by atoms with Gasteiger partial charge in [-0.25, -0.2) is 4.98 Å². The van der Waals surface area contributed by atoms with Crippen LogP contribution in [-0.2, 0) is 31.9 Å². The minimum Gasteiger partial charge on any atom is -0.507 e. The number of rotatable bonds is 7. The molecule has 7 aromatic carbocycles. The molecule has 0 fully saturated rings. The van der Waals surface area contributed by atoms with Crippen LogP contribution in [0, 0.1) is 19.8 Å². The average Bonchev–Trinajstić information content (AvgIpc) is 3.72. The van der Waals surface area contributed by atoms with Crippen molar-refractivity contribution in [2.24, 2.45) is 0 Å². The fourth-order valence-corrected chi connectivity index (χ4v) is 7.89. The van der Waals surface area contributed by atoms with E-state index in [2.05, 4.69) is 71.9 Å². The van der Waals surface area contributed by atoms with E-state index in [4.69, 9.17) is 23.7 Å². The number of benzene rings is 7. The van der Waals surface area contributed by atoms with E-state index < -0.39 is 48.9 Å². The first-order valence-corrected chi connectivity index (χ1v) is 20.6. The number of para-hydroxylation sites is 2. The zero-order valence-electron chi connectivity index (χ0n) is 45.9. The number of imidazole rings is 1. The van der Waals surface area contributed by atoms with Gasteiger partial charge < -0.3 is 5.11 Å². The molecule has 0 amide bonds. The van der Waals surface area contributed by atoms with Crippen LogP contribution in [-0.4, -0.2) is 19.6 Å². The summed E-state index contributed by atoms with van der Waals surface area (Å²) in [6, 6.07) is 42.8. The first kappa shape index (κ1) is 32.3. The monoisotopic (exact) mass is 1010 g/mol. The van der Waals surface area contributed by atoms with E-state index in [-0.39, 0.29) is 43.4 Å². The summed E-state index contributed by atoms with van der Waals surface area (Å²) in [6.07, 6.45) is 1.51. The topological polar surface area (TPSA) is 50.9 Å². The van der Waals surface area contributed by atoms with Crippen molar-refractivity contribution in [1.82, 2.24) is 14.5 Å². The SMILES string of the molecule is [2H]c1c([2H])c(C([2H])([2H])[2H])c([2H])c([2H])c1-c1ccnc(-c2[c-]c(-c3cccc4c3nc(-c3ccccc3O)n4-c3cc(C([2H])([2H])[2H])c(-c4ccccc4)cc3-c3ccc(C(C)(C)C)cc3)cc(C(C)(C)C)c2)c1.[Pt]. The molecule has 0 radical (unpaired) electrons. The summed E-state index contributed by atoms with van der Waals surface area (Å²) in [6.45, 7) is 7.32. The quantitative estimate of drug-likeness (QED) is 0.162. The van der Waals surface area contributed by atoms with Crippen molar-refractivity contribution in [2.45, 2.75) is 66.1 Å². The van der Waals surface area contributed by atoms with Crippen LogP contribution in [0.2, 0.25) is 0 Å². The molecule has 0 bridgehead atoms. The predicted octanol–water partition coefficient (Wildman–Crippen LogP) is 15.1. The maximum atomic E-state index is 11.6. The molecule has 0 aliphatic heterocycles. The van der Waals surface area contributed by atoms with Crippen LogP contribution in [0.5, 0.6) is 5.75 Å². The Morgan fingerprint density at radius 3 is 1.97 bits per heavy atom. The molecule has 2 heterocycles. The first-order chi connectivity index (χ1) is 33.8. The number of aromatic hydroxyl groups is 1. The molecule has 0 unspecified atom stereocenters. The van der Waals surface area contributed by atoms with Gasteiger partial charge in [0.25, 0.3) is 0 Å². The number of aromatic nitrogens is 3. The third-order valence-corrected chi connectivity index (χ3v) is 11.3. The zero-order valence-corrected chi connectivity index (χ0v) is 38.2. The summed E-state index contributed by atoms with van der Waals surface area (Å²) >= 11 is 0. The Kier molecular flexibility index (Phi) is 8.77. The summed E-state index contributed by atoms with van der Waals surface area (Å²) in [5.74, 6) is 0.353. The van der Waals surface area contributed by atoms with E-state index in [1.54, 1.807) is 36.4 Å². The second-order valence-electron chi connectivity index (χ2n) is 17.7. The Balaban J connectivity index is 0.00000711. The molecule has 0 saturated carbocycles. The fourth-order valence-electron chi connectivity index (χ4n) is 7.89. The van der Waals surface area contributed by atoms with Gasteiger partial charge in [0.15, 0.2) is 0 Å². The molecule has 0 saturated heterocycles. The van der Waals surface area contributed by atoms with Gasteiger partial charge in [-0.05, 0) is 99.9 Å². The van der Waals surface area contributed by atoms with Gasteiger partial charge in [-0.3, -0.25) is 9.55 Å². The molecule has 0 aliphatic rings. The smallest absolute Gasteiger partial charge is 0.148 e. The fraction of sp³-hybridized carbons (Fsp3) is 0.172. The second kappa shape index (κ2) is 17.1. The summed E-state index contributed by atoms with van der Waals surface area (Å²) < 4.78 is 87.2. The van der Waals surface area contributed by atoms with Gasteiger partial charge in [0, 0.05) is 46.7 Å². The van der Waals surface area contributed by atoms with Gasteiger partial charge >= 0.3 is 0 Å². The number of fused-ring (bicyclic) bond motifs is 1. The Hall–Kier alpha value is -6.35. The van der Waals surface area contributed by atoms with E-state index >= 15 is 0 Å². The molecule has 1 N–H and O–H groups in total. The molecule has 9 aromatic rings. The van der Waals surface area contributed by atoms with Crippen molar-refractivity contribution in [2.75, 3.05) is 0 Å². The van der Waals surface area contributed by atoms with Gasteiger partial charge in [-0.15, -0.1) is 29.3 Å². The van der Waals surface area contributed by atoms with Crippen LogP contribution in [0.15, 0.2) is 164 Å². The summed E-state index contributed by atoms with van der Waals surface area (Å²) in [7, 11) is 0. The Morgan fingerprint density at radius 1 is 0.587 bits per heavy atom. The molecule has 4 nitrogen and oxygen atoms in total. The van der Waals surface area contributed by atoms with Crippen LogP contribution in [0.1, 0.15) is 77.5 Å². The Morgan fingerprint density at radius 2 is 1.27 bits per heavy atom. The summed E-state index contributed by atoms with van der Waals surface area (Å²) in [4.78, 5) is 10.1. The molecule has 2 aromatic heterocycles. The second-order valence-corrected chi connectivity index (χ2v) is 17.7. The molecule has 5 heteroatoms. The zero-order chi connectivity index (χ0) is 51.8. The molecule has 0 atom stereocenters. The van der Waals surface area contributed by atoms with Gasteiger partial charge in [0.2, 0.25) is 0 Å². The first-order valence-electron chi connectivity index (χ1n) is 25.6. The van der Waals surface area contributed by atoms with Crippen LogP contribution >= 0.6 is 0 Å². The van der Waals surface area contributed by atoms with E-state index in [0.29, 0.717) is 61.6 Å². The minimum absolute atomic E-state index is 0. The van der Waals surface area contributed by atoms with Crippen molar-refractivity contribution >= 4 is 11.0 Å². The van der Waals surface area contributed by atoms with E-state index in [9.17, 15) is 5.11 Å². The van der Waals surface area contributed by atoms with E-state index in [1.165, 1.54) is 6.20 Å². The van der Waals surface area contributed by atoms with Gasteiger partial charge in [-0.1, -0.05) is 167 Å². The number of phenolic OH excluding ortho intramolecular Hbond substituents is 1. The third kappa shape index (κ3) is 8.58. The number of hydrogen-bond acceptors (Lipinski definition) is 3. The molecule has 9 rings (SSSR count).